The molecule has 4 rings (SSSR count). The number of aromatic nitrogens is 4. The predicted octanol–water partition coefficient (Wildman–Crippen LogP) is 4.37. The lowest BCUT2D eigenvalue weighted by Gasteiger charge is -2.36. The molecule has 2 unspecified atom stereocenters. The quantitative estimate of drug-likeness (QED) is 0.507. The lowest BCUT2D eigenvalue weighted by atomic mass is 9.88. The molecule has 2 fully saturated rings. The first-order valence-corrected chi connectivity index (χ1v) is 9.97. The van der Waals surface area contributed by atoms with Crippen LogP contribution in [0.3, 0.4) is 0 Å². The van der Waals surface area contributed by atoms with E-state index in [0.717, 1.165) is 0 Å². The summed E-state index contributed by atoms with van der Waals surface area (Å²) in [7, 11) is 2.04. The Bertz CT molecular complexity index is 891. The fourth-order valence-corrected chi connectivity index (χ4v) is 3.50. The van der Waals surface area contributed by atoms with Crippen LogP contribution in [0.2, 0.25) is 0 Å². The highest BCUT2D eigenvalue weighted by molar-refractivity contribution is 7.18. The summed E-state index contributed by atoms with van der Waals surface area (Å²) < 4.78 is 66.8. The standard InChI is InChI=1S/C18H20F5N6P/c1-16(19,30)12-4-2-3-11(26-12)13-27-14(24-9-5-17(20,21)6-9)29-15(28-13)25-10-7-18(22,23)8-10/h2-4,9-10H,5-8,30H2,1H3,(H2,24,25,27,28,29). The number of rotatable bonds is 6. The molecule has 0 amide bonds. The molecule has 12 heteroatoms. The van der Waals surface area contributed by atoms with Gasteiger partial charge < -0.3 is 10.6 Å². The minimum atomic E-state index is -2.73. The van der Waals surface area contributed by atoms with Crippen LogP contribution < -0.4 is 10.6 Å². The summed E-state index contributed by atoms with van der Waals surface area (Å²) in [6.07, 6.45) is -1.42. The Morgan fingerprint density at radius 3 is 1.83 bits per heavy atom. The van der Waals surface area contributed by atoms with Crippen LogP contribution in [-0.4, -0.2) is 43.9 Å². The van der Waals surface area contributed by atoms with Crippen LogP contribution in [0.4, 0.5) is 33.8 Å². The van der Waals surface area contributed by atoms with Crippen molar-refractivity contribution in [3.05, 3.63) is 23.9 Å². The van der Waals surface area contributed by atoms with Gasteiger partial charge >= 0.3 is 0 Å². The largest absolute Gasteiger partial charge is 0.351 e. The third-order valence-electron chi connectivity index (χ3n) is 4.96. The van der Waals surface area contributed by atoms with Crippen LogP contribution in [0.5, 0.6) is 0 Å². The van der Waals surface area contributed by atoms with Crippen LogP contribution in [0.1, 0.15) is 38.3 Å². The molecule has 2 saturated carbocycles. The second-order valence-corrected chi connectivity index (χ2v) is 9.09. The molecule has 2 aromatic heterocycles. The average molecular weight is 446 g/mol. The SMILES string of the molecule is CC(F)(P)c1cccc(-c2nc(NC3CC(F)(F)C3)nc(NC3CC(F)(F)C3)n2)n1. The van der Waals surface area contributed by atoms with Crippen LogP contribution >= 0.6 is 9.24 Å². The van der Waals surface area contributed by atoms with E-state index in [0.29, 0.717) is 0 Å². The van der Waals surface area contributed by atoms with Gasteiger partial charge in [0.2, 0.25) is 11.9 Å². The Kier molecular flexibility index (Phi) is 5.07. The van der Waals surface area contributed by atoms with Crippen molar-refractivity contribution in [1.29, 1.82) is 0 Å². The van der Waals surface area contributed by atoms with Gasteiger partial charge in [0.1, 0.15) is 5.69 Å². The van der Waals surface area contributed by atoms with Gasteiger partial charge in [-0.05, 0) is 19.1 Å². The highest BCUT2D eigenvalue weighted by Gasteiger charge is 2.46. The maximum absolute atomic E-state index is 14.3. The Morgan fingerprint density at radius 2 is 1.40 bits per heavy atom. The van der Waals surface area contributed by atoms with Crippen LogP contribution in [-0.2, 0) is 5.41 Å². The van der Waals surface area contributed by atoms with Crippen LogP contribution in [0, 0.1) is 0 Å². The van der Waals surface area contributed by atoms with Gasteiger partial charge in [-0.3, -0.25) is 0 Å². The third kappa shape index (κ3) is 4.77. The summed E-state index contributed by atoms with van der Waals surface area (Å²) >= 11 is 0. The smallest absolute Gasteiger partial charge is 0.252 e. The molecule has 2 atom stereocenters. The van der Waals surface area contributed by atoms with E-state index < -0.39 is 29.3 Å². The summed E-state index contributed by atoms with van der Waals surface area (Å²) in [5.41, 5.74) is 0.372. The summed E-state index contributed by atoms with van der Waals surface area (Å²) in [4.78, 5) is 16.8. The first kappa shape index (κ1) is 21.1. The molecule has 2 aliphatic carbocycles. The van der Waals surface area contributed by atoms with Gasteiger partial charge in [-0.25, -0.2) is 26.9 Å². The zero-order valence-corrected chi connectivity index (χ0v) is 17.1. The van der Waals surface area contributed by atoms with Crippen molar-refractivity contribution in [3.63, 3.8) is 0 Å². The molecule has 2 heterocycles. The molecule has 162 valence electrons. The summed E-state index contributed by atoms with van der Waals surface area (Å²) in [5, 5.41) is 3.86. The number of alkyl halides is 5. The van der Waals surface area contributed by atoms with Crippen molar-refractivity contribution in [2.75, 3.05) is 10.6 Å². The second-order valence-electron chi connectivity index (χ2n) is 8.00. The van der Waals surface area contributed by atoms with E-state index in [4.69, 9.17) is 0 Å². The highest BCUT2D eigenvalue weighted by atomic mass is 31.0. The summed E-state index contributed by atoms with van der Waals surface area (Å²) in [6.45, 7) is 1.32. The first-order valence-electron chi connectivity index (χ1n) is 9.39. The molecular formula is C18H20F5N6P. The molecular weight excluding hydrogens is 426 g/mol. The summed E-state index contributed by atoms with van der Waals surface area (Å²) in [6, 6.07) is 3.62. The average Bonchev–Trinajstić information content (AvgIpc) is 2.58. The van der Waals surface area contributed by atoms with Gasteiger partial charge in [0.05, 0.1) is 5.69 Å². The normalized spacial score (nSPS) is 22.5. The Balaban J connectivity index is 1.61. The number of hydrogen-bond acceptors (Lipinski definition) is 6. The molecule has 6 nitrogen and oxygen atoms in total. The minimum Gasteiger partial charge on any atom is -0.351 e. The Labute approximate surface area is 171 Å². The molecule has 0 aromatic carbocycles. The van der Waals surface area contributed by atoms with Crippen molar-refractivity contribution in [2.24, 2.45) is 0 Å². The molecule has 0 spiro atoms. The molecule has 2 aromatic rings. The lowest BCUT2D eigenvalue weighted by molar-refractivity contribution is -0.0799. The monoisotopic (exact) mass is 446 g/mol. The van der Waals surface area contributed by atoms with Crippen molar-refractivity contribution in [3.8, 4) is 11.5 Å². The molecule has 0 aliphatic heterocycles. The van der Waals surface area contributed by atoms with E-state index >= 15 is 0 Å². The maximum atomic E-state index is 14.3. The molecule has 0 saturated heterocycles. The van der Waals surface area contributed by atoms with Gasteiger partial charge in [-0.2, -0.15) is 15.0 Å². The Hall–Kier alpha value is -2.16. The zero-order chi connectivity index (χ0) is 21.7. The van der Waals surface area contributed by atoms with Crippen molar-refractivity contribution in [2.45, 2.75) is 61.9 Å². The van der Waals surface area contributed by atoms with Crippen LogP contribution in [0.15, 0.2) is 18.2 Å². The van der Waals surface area contributed by atoms with E-state index in [1.54, 1.807) is 12.1 Å². The fraction of sp³-hybridized carbons (Fsp3) is 0.556. The fourth-order valence-electron chi connectivity index (χ4n) is 3.34. The number of pyridine rings is 1. The first-order chi connectivity index (χ1) is 13.9. The second kappa shape index (κ2) is 7.21. The molecule has 2 aliphatic rings. The highest BCUT2D eigenvalue weighted by Crippen LogP contribution is 2.40. The van der Waals surface area contributed by atoms with Crippen molar-refractivity contribution >= 4 is 21.1 Å². The molecule has 30 heavy (non-hydrogen) atoms. The van der Waals surface area contributed by atoms with Gasteiger partial charge in [-0.15, -0.1) is 0 Å². The van der Waals surface area contributed by atoms with E-state index in [1.165, 1.54) is 13.0 Å². The zero-order valence-electron chi connectivity index (χ0n) is 16.0. The Morgan fingerprint density at radius 1 is 0.900 bits per heavy atom. The van der Waals surface area contributed by atoms with Gasteiger partial charge in [-0.1, -0.05) is 15.3 Å². The summed E-state index contributed by atoms with van der Waals surface area (Å²) in [5.74, 6) is -5.34. The number of nitrogens with one attached hydrogen (secondary N) is 2. The van der Waals surface area contributed by atoms with E-state index in [2.05, 4.69) is 30.6 Å². The van der Waals surface area contributed by atoms with Crippen molar-refractivity contribution in [1.82, 2.24) is 19.9 Å². The molecule has 0 radical (unpaired) electrons. The van der Waals surface area contributed by atoms with Gasteiger partial charge in [0.25, 0.3) is 11.8 Å². The van der Waals surface area contributed by atoms with Crippen molar-refractivity contribution < 1.29 is 22.0 Å². The molecule has 2 N–H and O–H groups in total. The van der Waals surface area contributed by atoms with Crippen LogP contribution in [0.25, 0.3) is 11.5 Å². The van der Waals surface area contributed by atoms with E-state index in [1.807, 2.05) is 9.24 Å². The number of anilines is 2. The van der Waals surface area contributed by atoms with E-state index in [9.17, 15) is 22.0 Å². The maximum Gasteiger partial charge on any atom is 0.252 e. The third-order valence-corrected chi connectivity index (χ3v) is 5.26. The predicted molar refractivity (Wildman–Crippen MR) is 104 cm³/mol. The minimum absolute atomic E-state index is 0.0233. The number of nitrogens with zero attached hydrogens (tertiary/aromatic N) is 4. The lowest BCUT2D eigenvalue weighted by Crippen LogP contribution is -2.45. The van der Waals surface area contributed by atoms with E-state index in [-0.39, 0.29) is 54.8 Å². The topological polar surface area (TPSA) is 75.6 Å². The van der Waals surface area contributed by atoms with Gasteiger partial charge in [0.15, 0.2) is 11.2 Å². The van der Waals surface area contributed by atoms with Gasteiger partial charge in [0, 0.05) is 37.8 Å². The number of halogens is 5. The number of hydrogen-bond donors (Lipinski definition) is 2. The molecule has 0 bridgehead atoms.